The molecule has 1 unspecified atom stereocenters. The molecule has 1 amide bonds. The first-order chi connectivity index (χ1) is 8.94. The number of nitrogens with zero attached hydrogens (tertiary/aromatic N) is 2. The van der Waals surface area contributed by atoms with Crippen LogP contribution in [0.3, 0.4) is 0 Å². The molecule has 1 aromatic heterocycles. The van der Waals surface area contributed by atoms with Crippen molar-refractivity contribution in [2.45, 2.75) is 52.1 Å². The van der Waals surface area contributed by atoms with Crippen molar-refractivity contribution in [3.63, 3.8) is 0 Å². The zero-order chi connectivity index (χ0) is 14.0. The minimum atomic E-state index is -0.425. The first kappa shape index (κ1) is 14.1. The summed E-state index contributed by atoms with van der Waals surface area (Å²) in [5.74, 6) is 0.936. The predicted molar refractivity (Wildman–Crippen MR) is 72.7 cm³/mol. The number of rotatable bonds is 3. The van der Waals surface area contributed by atoms with E-state index in [9.17, 15) is 4.79 Å². The van der Waals surface area contributed by atoms with Crippen molar-refractivity contribution < 1.29 is 9.32 Å². The molecule has 1 N–H and O–H groups in total. The van der Waals surface area contributed by atoms with E-state index in [4.69, 9.17) is 4.52 Å². The lowest BCUT2D eigenvalue weighted by Gasteiger charge is -2.36. The van der Waals surface area contributed by atoms with E-state index in [1.165, 1.54) is 0 Å². The topological polar surface area (TPSA) is 58.4 Å². The van der Waals surface area contributed by atoms with Crippen LogP contribution in [0.4, 0.5) is 0 Å². The van der Waals surface area contributed by atoms with Crippen LogP contribution in [-0.2, 0) is 11.3 Å². The standard InChI is InChI=1S/C14H23N3O2/c1-10-12(11(2)19-16-10)9-17(4)13(18)14(3)7-5-6-8-15-14/h15H,5-9H2,1-4H3. The molecule has 1 atom stereocenters. The van der Waals surface area contributed by atoms with Gasteiger partial charge in [-0.15, -0.1) is 0 Å². The van der Waals surface area contributed by atoms with Crippen molar-refractivity contribution in [1.82, 2.24) is 15.4 Å². The van der Waals surface area contributed by atoms with Gasteiger partial charge in [0, 0.05) is 12.6 Å². The second-order valence-corrected chi connectivity index (χ2v) is 5.68. The molecular weight excluding hydrogens is 242 g/mol. The average molecular weight is 265 g/mol. The van der Waals surface area contributed by atoms with Crippen LogP contribution in [0.15, 0.2) is 4.52 Å². The van der Waals surface area contributed by atoms with Gasteiger partial charge in [-0.1, -0.05) is 5.16 Å². The Morgan fingerprint density at radius 1 is 1.47 bits per heavy atom. The molecular formula is C14H23N3O2. The molecule has 5 heteroatoms. The summed E-state index contributed by atoms with van der Waals surface area (Å²) in [5.41, 5.74) is 1.44. The Kier molecular flexibility index (Phi) is 3.94. The lowest BCUT2D eigenvalue weighted by molar-refractivity contribution is -0.137. The third-order valence-electron chi connectivity index (χ3n) is 4.01. The highest BCUT2D eigenvalue weighted by Crippen LogP contribution is 2.22. The molecule has 19 heavy (non-hydrogen) atoms. The molecule has 5 nitrogen and oxygen atoms in total. The number of hydrogen-bond donors (Lipinski definition) is 1. The van der Waals surface area contributed by atoms with E-state index in [0.717, 1.165) is 42.8 Å². The van der Waals surface area contributed by atoms with E-state index < -0.39 is 5.54 Å². The Morgan fingerprint density at radius 2 is 2.21 bits per heavy atom. The molecule has 1 aliphatic heterocycles. The van der Waals surface area contributed by atoms with Crippen LogP contribution in [0.1, 0.15) is 43.2 Å². The fourth-order valence-corrected chi connectivity index (χ4v) is 2.70. The Bertz CT molecular complexity index is 442. The average Bonchev–Trinajstić information content (AvgIpc) is 2.70. The molecule has 1 fully saturated rings. The third kappa shape index (κ3) is 2.81. The van der Waals surface area contributed by atoms with Gasteiger partial charge in [0.05, 0.1) is 17.8 Å². The van der Waals surface area contributed by atoms with E-state index in [2.05, 4.69) is 10.5 Å². The van der Waals surface area contributed by atoms with Gasteiger partial charge in [-0.25, -0.2) is 0 Å². The smallest absolute Gasteiger partial charge is 0.242 e. The summed E-state index contributed by atoms with van der Waals surface area (Å²) in [6, 6.07) is 0. The Hall–Kier alpha value is -1.36. The third-order valence-corrected chi connectivity index (χ3v) is 4.01. The maximum Gasteiger partial charge on any atom is 0.242 e. The van der Waals surface area contributed by atoms with E-state index in [1.807, 2.05) is 27.8 Å². The highest BCUT2D eigenvalue weighted by atomic mass is 16.5. The predicted octanol–water partition coefficient (Wildman–Crippen LogP) is 1.78. The summed E-state index contributed by atoms with van der Waals surface area (Å²) < 4.78 is 5.14. The zero-order valence-corrected chi connectivity index (χ0v) is 12.2. The highest BCUT2D eigenvalue weighted by Gasteiger charge is 2.36. The Morgan fingerprint density at radius 3 is 2.74 bits per heavy atom. The van der Waals surface area contributed by atoms with E-state index >= 15 is 0 Å². The number of piperidine rings is 1. The van der Waals surface area contributed by atoms with Crippen molar-refractivity contribution >= 4 is 5.91 Å². The first-order valence-corrected chi connectivity index (χ1v) is 6.86. The fraction of sp³-hybridized carbons (Fsp3) is 0.714. The number of likely N-dealkylation sites (N-methyl/N-ethyl adjacent to an activating group) is 1. The van der Waals surface area contributed by atoms with Gasteiger partial charge in [-0.3, -0.25) is 4.79 Å². The molecule has 106 valence electrons. The van der Waals surface area contributed by atoms with Gasteiger partial charge in [0.2, 0.25) is 5.91 Å². The van der Waals surface area contributed by atoms with E-state index in [0.29, 0.717) is 6.54 Å². The number of hydrogen-bond acceptors (Lipinski definition) is 4. The summed E-state index contributed by atoms with van der Waals surface area (Å²) in [5, 5.41) is 7.28. The lowest BCUT2D eigenvalue weighted by Crippen LogP contribution is -2.57. The van der Waals surface area contributed by atoms with Gasteiger partial charge >= 0.3 is 0 Å². The van der Waals surface area contributed by atoms with Gasteiger partial charge < -0.3 is 14.7 Å². The minimum absolute atomic E-state index is 0.146. The monoisotopic (exact) mass is 265 g/mol. The zero-order valence-electron chi connectivity index (χ0n) is 12.2. The maximum atomic E-state index is 12.6. The largest absolute Gasteiger partial charge is 0.361 e. The van der Waals surface area contributed by atoms with Crippen molar-refractivity contribution in [2.75, 3.05) is 13.6 Å². The normalized spacial score (nSPS) is 23.4. The molecule has 0 aromatic carbocycles. The van der Waals surface area contributed by atoms with Crippen molar-refractivity contribution in [3.05, 3.63) is 17.0 Å². The number of aryl methyl sites for hydroxylation is 2. The van der Waals surface area contributed by atoms with Gasteiger partial charge in [0.25, 0.3) is 0 Å². The summed E-state index contributed by atoms with van der Waals surface area (Å²) in [7, 11) is 1.84. The summed E-state index contributed by atoms with van der Waals surface area (Å²) in [4.78, 5) is 14.3. The maximum absolute atomic E-state index is 12.6. The van der Waals surface area contributed by atoms with Crippen LogP contribution in [0.5, 0.6) is 0 Å². The highest BCUT2D eigenvalue weighted by molar-refractivity contribution is 5.85. The van der Waals surface area contributed by atoms with Gasteiger partial charge in [0.15, 0.2) is 0 Å². The summed E-state index contributed by atoms with van der Waals surface area (Å²) >= 11 is 0. The number of nitrogens with one attached hydrogen (secondary N) is 1. The van der Waals surface area contributed by atoms with Gasteiger partial charge in [0.1, 0.15) is 5.76 Å². The molecule has 1 saturated heterocycles. The molecule has 0 spiro atoms. The SMILES string of the molecule is Cc1noc(C)c1CN(C)C(=O)C1(C)CCCCN1. The van der Waals surface area contributed by atoms with Crippen molar-refractivity contribution in [1.29, 1.82) is 0 Å². The lowest BCUT2D eigenvalue weighted by atomic mass is 9.89. The first-order valence-electron chi connectivity index (χ1n) is 6.86. The molecule has 2 heterocycles. The van der Waals surface area contributed by atoms with Crippen LogP contribution in [-0.4, -0.2) is 35.1 Å². The molecule has 1 aromatic rings. The second-order valence-electron chi connectivity index (χ2n) is 5.68. The minimum Gasteiger partial charge on any atom is -0.361 e. The van der Waals surface area contributed by atoms with Crippen LogP contribution in [0, 0.1) is 13.8 Å². The number of carbonyl (C=O) groups excluding carboxylic acids is 1. The number of amides is 1. The summed E-state index contributed by atoms with van der Waals surface area (Å²) in [6.07, 6.45) is 3.16. The van der Waals surface area contributed by atoms with E-state index in [1.54, 1.807) is 4.90 Å². The molecule has 0 aliphatic carbocycles. The molecule has 0 saturated carbocycles. The quantitative estimate of drug-likeness (QED) is 0.905. The molecule has 0 bridgehead atoms. The Labute approximate surface area is 114 Å². The molecule has 2 rings (SSSR count). The van der Waals surface area contributed by atoms with Crippen LogP contribution in [0.2, 0.25) is 0 Å². The summed E-state index contributed by atoms with van der Waals surface area (Å²) in [6.45, 7) is 7.26. The molecule has 0 radical (unpaired) electrons. The van der Waals surface area contributed by atoms with Crippen molar-refractivity contribution in [3.8, 4) is 0 Å². The number of aromatic nitrogens is 1. The van der Waals surface area contributed by atoms with Crippen LogP contribution >= 0.6 is 0 Å². The van der Waals surface area contributed by atoms with Crippen LogP contribution in [0.25, 0.3) is 0 Å². The second kappa shape index (κ2) is 5.33. The van der Waals surface area contributed by atoms with Crippen LogP contribution < -0.4 is 5.32 Å². The van der Waals surface area contributed by atoms with Gasteiger partial charge in [-0.05, 0) is 46.6 Å². The fourth-order valence-electron chi connectivity index (χ4n) is 2.70. The van der Waals surface area contributed by atoms with Gasteiger partial charge in [-0.2, -0.15) is 0 Å². The van der Waals surface area contributed by atoms with E-state index in [-0.39, 0.29) is 5.91 Å². The molecule has 1 aliphatic rings. The van der Waals surface area contributed by atoms with Crippen molar-refractivity contribution in [2.24, 2.45) is 0 Å². The Balaban J connectivity index is 2.07. The number of carbonyl (C=O) groups is 1.